The lowest BCUT2D eigenvalue weighted by atomic mass is 10.2. The van der Waals surface area contributed by atoms with Crippen LogP contribution >= 0.6 is 11.6 Å². The van der Waals surface area contributed by atoms with Gasteiger partial charge in [0.2, 0.25) is 5.91 Å². The molecule has 0 unspecified atom stereocenters. The van der Waals surface area contributed by atoms with E-state index in [2.05, 4.69) is 10.6 Å². The summed E-state index contributed by atoms with van der Waals surface area (Å²) in [5.74, 6) is 0.243. The molecular formula is C17H24ClN3O2. The second-order valence-corrected chi connectivity index (χ2v) is 6.22. The average Bonchev–Trinajstić information content (AvgIpc) is 2.74. The molecule has 3 amide bonds. The van der Waals surface area contributed by atoms with Crippen LogP contribution in [0.15, 0.2) is 24.3 Å². The number of likely N-dealkylation sites (tertiary alicyclic amines) is 1. The molecule has 1 heterocycles. The Morgan fingerprint density at radius 3 is 2.91 bits per heavy atom. The molecule has 1 aromatic carbocycles. The maximum Gasteiger partial charge on any atom is 0.315 e. The zero-order valence-electron chi connectivity index (χ0n) is 13.3. The minimum Gasteiger partial charge on any atom is -0.343 e. The first-order valence-electron chi connectivity index (χ1n) is 8.19. The van der Waals surface area contributed by atoms with Crippen LogP contribution in [-0.2, 0) is 11.3 Å². The molecule has 0 atom stereocenters. The Hall–Kier alpha value is -1.75. The van der Waals surface area contributed by atoms with Crippen molar-refractivity contribution in [2.45, 2.75) is 38.6 Å². The van der Waals surface area contributed by atoms with Gasteiger partial charge in [-0.1, -0.05) is 30.2 Å². The van der Waals surface area contributed by atoms with Crippen LogP contribution in [0.4, 0.5) is 4.79 Å². The largest absolute Gasteiger partial charge is 0.343 e. The van der Waals surface area contributed by atoms with Crippen molar-refractivity contribution in [2.75, 3.05) is 19.6 Å². The van der Waals surface area contributed by atoms with Gasteiger partial charge in [0.15, 0.2) is 0 Å². The summed E-state index contributed by atoms with van der Waals surface area (Å²) >= 11 is 5.90. The van der Waals surface area contributed by atoms with Crippen LogP contribution < -0.4 is 10.6 Å². The fourth-order valence-corrected chi connectivity index (χ4v) is 2.85. The molecule has 0 aromatic heterocycles. The van der Waals surface area contributed by atoms with Gasteiger partial charge in [-0.05, 0) is 37.0 Å². The molecule has 0 radical (unpaired) electrons. The number of amides is 3. The molecule has 0 bridgehead atoms. The molecule has 1 saturated heterocycles. The highest BCUT2D eigenvalue weighted by Crippen LogP contribution is 2.11. The molecular weight excluding hydrogens is 314 g/mol. The highest BCUT2D eigenvalue weighted by Gasteiger charge is 2.15. The average molecular weight is 338 g/mol. The zero-order chi connectivity index (χ0) is 16.5. The number of hydrogen-bond acceptors (Lipinski definition) is 2. The SMILES string of the molecule is O=C(NCCCN1CCCCCC1=O)NCc1cccc(Cl)c1. The highest BCUT2D eigenvalue weighted by atomic mass is 35.5. The normalized spacial score (nSPS) is 15.2. The molecule has 126 valence electrons. The van der Waals surface area contributed by atoms with Gasteiger partial charge in [0.05, 0.1) is 0 Å². The van der Waals surface area contributed by atoms with Gasteiger partial charge in [-0.15, -0.1) is 0 Å². The van der Waals surface area contributed by atoms with E-state index in [0.29, 0.717) is 31.1 Å². The summed E-state index contributed by atoms with van der Waals surface area (Å²) in [4.78, 5) is 25.5. The summed E-state index contributed by atoms with van der Waals surface area (Å²) in [6.07, 6.45) is 4.65. The summed E-state index contributed by atoms with van der Waals surface area (Å²) in [7, 11) is 0. The summed E-state index contributed by atoms with van der Waals surface area (Å²) in [5, 5.41) is 6.27. The molecule has 0 spiro atoms. The number of carbonyl (C=O) groups excluding carboxylic acids is 2. The summed E-state index contributed by atoms with van der Waals surface area (Å²) < 4.78 is 0. The van der Waals surface area contributed by atoms with Crippen LogP contribution in [0.2, 0.25) is 5.02 Å². The third-order valence-electron chi connectivity index (χ3n) is 3.90. The van der Waals surface area contributed by atoms with E-state index in [1.807, 2.05) is 23.1 Å². The predicted molar refractivity (Wildman–Crippen MR) is 91.4 cm³/mol. The van der Waals surface area contributed by atoms with Crippen LogP contribution in [0.5, 0.6) is 0 Å². The van der Waals surface area contributed by atoms with E-state index < -0.39 is 0 Å². The van der Waals surface area contributed by atoms with Crippen LogP contribution in [0.1, 0.15) is 37.7 Å². The van der Waals surface area contributed by atoms with Gasteiger partial charge in [0.25, 0.3) is 0 Å². The molecule has 23 heavy (non-hydrogen) atoms. The lowest BCUT2D eigenvalue weighted by molar-refractivity contribution is -0.130. The van der Waals surface area contributed by atoms with E-state index in [0.717, 1.165) is 37.8 Å². The minimum atomic E-state index is -0.202. The quantitative estimate of drug-likeness (QED) is 0.784. The van der Waals surface area contributed by atoms with Crippen molar-refractivity contribution in [3.8, 4) is 0 Å². The lowest BCUT2D eigenvalue weighted by Gasteiger charge is -2.20. The first-order chi connectivity index (χ1) is 11.1. The second-order valence-electron chi connectivity index (χ2n) is 5.78. The molecule has 2 N–H and O–H groups in total. The Balaban J connectivity index is 1.60. The van der Waals surface area contributed by atoms with E-state index in [-0.39, 0.29) is 11.9 Å². The first kappa shape index (κ1) is 17.6. The zero-order valence-corrected chi connectivity index (χ0v) is 14.1. The predicted octanol–water partition coefficient (Wildman–Crippen LogP) is 2.93. The van der Waals surface area contributed by atoms with Crippen LogP contribution in [0.25, 0.3) is 0 Å². The van der Waals surface area contributed by atoms with E-state index in [4.69, 9.17) is 11.6 Å². The monoisotopic (exact) mass is 337 g/mol. The van der Waals surface area contributed by atoms with Gasteiger partial charge >= 0.3 is 6.03 Å². The van der Waals surface area contributed by atoms with Crippen LogP contribution in [0, 0.1) is 0 Å². The van der Waals surface area contributed by atoms with E-state index >= 15 is 0 Å². The molecule has 5 nitrogen and oxygen atoms in total. The molecule has 0 saturated carbocycles. The van der Waals surface area contributed by atoms with E-state index in [1.54, 1.807) is 6.07 Å². The van der Waals surface area contributed by atoms with Gasteiger partial charge in [-0.3, -0.25) is 4.79 Å². The standard InChI is InChI=1S/C17H24ClN3O2/c18-15-7-4-6-14(12-15)13-20-17(23)19-9-5-11-21-10-3-1-2-8-16(21)22/h4,6-7,12H,1-3,5,8-11,13H2,(H2,19,20,23). The van der Waals surface area contributed by atoms with Gasteiger partial charge in [-0.25, -0.2) is 4.79 Å². The van der Waals surface area contributed by atoms with Crippen LogP contribution in [-0.4, -0.2) is 36.5 Å². The number of urea groups is 1. The van der Waals surface area contributed by atoms with Gasteiger partial charge in [0.1, 0.15) is 0 Å². The van der Waals surface area contributed by atoms with Crippen molar-refractivity contribution < 1.29 is 9.59 Å². The van der Waals surface area contributed by atoms with Gasteiger partial charge < -0.3 is 15.5 Å². The van der Waals surface area contributed by atoms with Crippen molar-refractivity contribution in [3.63, 3.8) is 0 Å². The Bertz CT molecular complexity index is 536. The van der Waals surface area contributed by atoms with Crippen molar-refractivity contribution in [3.05, 3.63) is 34.9 Å². The highest BCUT2D eigenvalue weighted by molar-refractivity contribution is 6.30. The number of hydrogen-bond donors (Lipinski definition) is 2. The summed E-state index contributed by atoms with van der Waals surface area (Å²) in [5.41, 5.74) is 0.961. The van der Waals surface area contributed by atoms with Crippen LogP contribution in [0.3, 0.4) is 0 Å². The first-order valence-corrected chi connectivity index (χ1v) is 8.57. The number of halogens is 1. The third-order valence-corrected chi connectivity index (χ3v) is 4.14. The number of benzene rings is 1. The molecule has 1 aliphatic rings. The molecule has 1 aliphatic heterocycles. The maximum atomic E-state index is 11.8. The Labute approximate surface area is 142 Å². The fraction of sp³-hybridized carbons (Fsp3) is 0.529. The number of nitrogens with zero attached hydrogens (tertiary/aromatic N) is 1. The second kappa shape index (κ2) is 9.40. The van der Waals surface area contributed by atoms with E-state index in [9.17, 15) is 9.59 Å². The number of carbonyl (C=O) groups is 2. The summed E-state index contributed by atoms with van der Waals surface area (Å²) in [6, 6.07) is 7.20. The molecule has 1 fully saturated rings. The van der Waals surface area contributed by atoms with Gasteiger partial charge in [0, 0.05) is 37.6 Å². The Morgan fingerprint density at radius 2 is 2.09 bits per heavy atom. The number of rotatable bonds is 6. The maximum absolute atomic E-state index is 11.8. The van der Waals surface area contributed by atoms with Crippen molar-refractivity contribution >= 4 is 23.5 Å². The molecule has 2 rings (SSSR count). The fourth-order valence-electron chi connectivity index (χ4n) is 2.64. The third kappa shape index (κ3) is 6.48. The molecule has 0 aliphatic carbocycles. The molecule has 6 heteroatoms. The lowest BCUT2D eigenvalue weighted by Crippen LogP contribution is -2.38. The Morgan fingerprint density at radius 1 is 1.22 bits per heavy atom. The van der Waals surface area contributed by atoms with Crippen molar-refractivity contribution in [2.24, 2.45) is 0 Å². The van der Waals surface area contributed by atoms with E-state index in [1.165, 1.54) is 0 Å². The summed E-state index contributed by atoms with van der Waals surface area (Å²) in [6.45, 7) is 2.56. The Kier molecular flexibility index (Phi) is 7.20. The number of nitrogens with one attached hydrogen (secondary N) is 2. The molecule has 1 aromatic rings. The van der Waals surface area contributed by atoms with Crippen molar-refractivity contribution in [1.82, 2.24) is 15.5 Å². The van der Waals surface area contributed by atoms with Crippen molar-refractivity contribution in [1.29, 1.82) is 0 Å². The van der Waals surface area contributed by atoms with Gasteiger partial charge in [-0.2, -0.15) is 0 Å². The minimum absolute atomic E-state index is 0.202. The topological polar surface area (TPSA) is 61.4 Å². The smallest absolute Gasteiger partial charge is 0.315 e.